The topological polar surface area (TPSA) is 211 Å². The molecule has 0 unspecified atom stereocenters. The molecule has 4 heterocycles. The molecular formula is C84H77ClO20P4. The zero-order valence-electron chi connectivity index (χ0n) is 62.5. The third kappa shape index (κ3) is 15.0. The van der Waals surface area contributed by atoms with Gasteiger partial charge in [0.2, 0.25) is 0 Å². The van der Waals surface area contributed by atoms with Crippen molar-refractivity contribution in [1.82, 2.24) is 0 Å². The van der Waals surface area contributed by atoms with Gasteiger partial charge in [0.1, 0.15) is 114 Å². The summed E-state index contributed by atoms with van der Waals surface area (Å²) in [7, 11) is 5.67. The quantitative estimate of drug-likeness (QED) is 0.0891. The molecule has 20 nitrogen and oxygen atoms in total. The lowest BCUT2D eigenvalue weighted by atomic mass is 9.98. The lowest BCUT2D eigenvalue weighted by Gasteiger charge is -2.26. The van der Waals surface area contributed by atoms with Crippen LogP contribution in [-0.2, 0) is 0 Å². The molecule has 109 heavy (non-hydrogen) atoms. The molecule has 12 aromatic carbocycles. The normalized spacial score (nSPS) is 12.2. The van der Waals surface area contributed by atoms with Crippen molar-refractivity contribution in [3.05, 3.63) is 214 Å². The van der Waals surface area contributed by atoms with Crippen molar-refractivity contribution in [3.8, 4) is 114 Å². The second-order valence-corrected chi connectivity index (χ2v) is 30.3. The Morgan fingerprint density at radius 2 is 0.550 bits per heavy atom. The van der Waals surface area contributed by atoms with Crippen LogP contribution in [-0.4, -0.2) is 62.0 Å². The number of hydrogen-bond donors (Lipinski definition) is 1. The summed E-state index contributed by atoms with van der Waals surface area (Å²) in [5, 5.41) is 18.4. The number of methoxy groups -OCH3 is 8. The fourth-order valence-electron chi connectivity index (χ4n) is 13.2. The van der Waals surface area contributed by atoms with Crippen molar-refractivity contribution in [2.45, 2.75) is 55.4 Å². The number of benzene rings is 12. The van der Waals surface area contributed by atoms with E-state index in [1.165, 1.54) is 0 Å². The van der Waals surface area contributed by atoms with E-state index in [0.29, 0.717) is 125 Å². The smallest absolute Gasteiger partial charge is 0.507 e. The van der Waals surface area contributed by atoms with Gasteiger partial charge in [-0.3, -0.25) is 0 Å². The fraction of sp³-hybridized carbons (Fsp3) is 0.190. The summed E-state index contributed by atoms with van der Waals surface area (Å²) in [4.78, 5) is 0. The van der Waals surface area contributed by atoms with Crippen molar-refractivity contribution in [1.29, 1.82) is 0 Å². The number of phenols is 1. The fourth-order valence-corrected chi connectivity index (χ4v) is 18.0. The summed E-state index contributed by atoms with van der Waals surface area (Å²) < 4.78 is 115. The molecule has 0 atom stereocenters. The van der Waals surface area contributed by atoms with Gasteiger partial charge in [0.05, 0.1) is 67.7 Å². The van der Waals surface area contributed by atoms with Crippen LogP contribution in [0.3, 0.4) is 0 Å². The molecule has 0 amide bonds. The van der Waals surface area contributed by atoms with Gasteiger partial charge >= 0.3 is 32.8 Å². The predicted octanol–water partition coefficient (Wildman–Crippen LogP) is 25.1. The van der Waals surface area contributed by atoms with Gasteiger partial charge in [-0.2, -0.15) is 0 Å². The zero-order chi connectivity index (χ0) is 76.6. The molecule has 0 spiro atoms. The van der Waals surface area contributed by atoms with E-state index in [-0.39, 0.29) is 5.75 Å². The van der Waals surface area contributed by atoms with Crippen LogP contribution >= 0.6 is 44.1 Å². The van der Waals surface area contributed by atoms with Crippen LogP contribution in [0.1, 0.15) is 44.5 Å². The van der Waals surface area contributed by atoms with Crippen molar-refractivity contribution in [3.63, 3.8) is 0 Å². The number of aromatic hydroxyl groups is 1. The van der Waals surface area contributed by atoms with Gasteiger partial charge < -0.3 is 91.5 Å². The molecule has 16 rings (SSSR count). The highest BCUT2D eigenvalue weighted by molar-refractivity contribution is 7.76. The molecule has 0 bridgehead atoms. The Morgan fingerprint density at radius 3 is 0.862 bits per heavy atom. The molecule has 560 valence electrons. The first-order valence-corrected chi connectivity index (χ1v) is 39.6. The van der Waals surface area contributed by atoms with Gasteiger partial charge in [-0.05, 0) is 243 Å². The minimum Gasteiger partial charge on any atom is -0.507 e. The summed E-state index contributed by atoms with van der Waals surface area (Å²) in [5.41, 5.74) is 11.4. The van der Waals surface area contributed by atoms with Crippen LogP contribution in [0.25, 0.3) is 87.7 Å². The maximum atomic E-state index is 11.1. The molecule has 1 N–H and O–H groups in total. The van der Waals surface area contributed by atoms with Crippen LogP contribution in [0.5, 0.6) is 92.0 Å². The van der Waals surface area contributed by atoms with E-state index in [1.807, 2.05) is 213 Å². The summed E-state index contributed by atoms with van der Waals surface area (Å²) in [6, 6.07) is 53.8. The molecule has 2 aromatic heterocycles. The second-order valence-electron chi connectivity index (χ2n) is 25.7. The Hall–Kier alpha value is -11.1. The maximum Gasteiger partial charge on any atom is 0.530 e. The largest absolute Gasteiger partial charge is 0.530 e. The Bertz CT molecular complexity index is 5760. The molecule has 0 fully saturated rings. The van der Waals surface area contributed by atoms with Crippen LogP contribution in [0.15, 0.2) is 187 Å². The highest BCUT2D eigenvalue weighted by Gasteiger charge is 2.32. The molecule has 0 saturated carbocycles. The molecule has 14 aromatic rings. The number of ether oxygens (including phenoxy) is 8. The molecule has 2 aliphatic heterocycles. The van der Waals surface area contributed by atoms with Crippen molar-refractivity contribution < 1.29 is 91.5 Å². The van der Waals surface area contributed by atoms with Crippen LogP contribution in [0.2, 0.25) is 0 Å². The lowest BCUT2D eigenvalue weighted by molar-refractivity contribution is 0.379. The highest BCUT2D eigenvalue weighted by atomic mass is 35.7. The molecule has 0 saturated heterocycles. The van der Waals surface area contributed by atoms with Crippen LogP contribution in [0, 0.1) is 55.4 Å². The lowest BCUT2D eigenvalue weighted by Crippen LogP contribution is -2.08. The Kier molecular flexibility index (Phi) is 21.7. The second kappa shape index (κ2) is 31.6. The summed E-state index contributed by atoms with van der Waals surface area (Å²) in [6.45, 7) is 15.5. The summed E-state index contributed by atoms with van der Waals surface area (Å²) in [5.74, 6) is 9.88. The van der Waals surface area contributed by atoms with Gasteiger partial charge in [0.25, 0.3) is 0 Å². The number of rotatable bonds is 16. The van der Waals surface area contributed by atoms with E-state index >= 15 is 0 Å². The Labute approximate surface area is 638 Å². The molecule has 25 heteroatoms. The molecule has 0 radical (unpaired) electrons. The van der Waals surface area contributed by atoms with E-state index in [1.54, 1.807) is 69.0 Å². The first kappa shape index (κ1) is 74.8. The van der Waals surface area contributed by atoms with E-state index in [2.05, 4.69) is 0 Å². The van der Waals surface area contributed by atoms with Gasteiger partial charge in [0.15, 0.2) is 0 Å². The first-order valence-electron chi connectivity index (χ1n) is 34.3. The molecule has 0 aliphatic carbocycles. The number of halogens is 1. The van der Waals surface area contributed by atoms with Gasteiger partial charge in [-0.1, -0.05) is 48.5 Å². The minimum absolute atomic E-state index is 0.111. The number of fused-ring (bicyclic) bond motifs is 6. The standard InChI is InChI=1S/C42H38O10P2.C32H33O8P.C10H6ClO2P/c1-23-15-28(43-5)19-32(39(23)49-53-47-36-13-9-11-27-12-10-14-37(48-53)38(27)36)33-20-29(44-6)16-24(2)40(33)50-54-51-41-25(3)17-30(45-7)21-34(41)35-22-31(46-8)18-26(4)42(35)52-54;1-17-9-21(34-5)13-25(29(17)33)26-14-22(35-6)10-18(2)30(26)38-41-39-31-19(3)11-23(36-7)15-27(31)28-16-24(37-8)12-20(4)32(28)40-41;11-14-12-8-5-1-3-7-4-2-6-9(13-14)10(7)8/h9-22H,1-8H3;9-16,33H,1-8H3;1-6H. The number of aryl methyl sites for hydroxylation is 8. The van der Waals surface area contributed by atoms with Gasteiger partial charge in [-0.15, -0.1) is 0 Å². The SMILES string of the molecule is COc1cc(C)c(O)c(-c2cc(OC)cc(C)c2Op2oc3c(C)cc(OC)cc3c3cc(OC)cc(C)c3o2)c1.COc1cc(C)c(OP2Oc3cccc4cccc(c34)O2)c(-c2cc(OC)cc(C)c2Op2oc3c(C)cc(OC)cc3c3cc(OC)cc(C)c3o2)c1.ClP1Oc2cccc3cccc(c23)O1. The number of phenolic OH excluding ortho intramolecular Hbond substituents is 1. The van der Waals surface area contributed by atoms with Crippen LogP contribution in [0.4, 0.5) is 0 Å². The highest BCUT2D eigenvalue weighted by Crippen LogP contribution is 2.58. The Balaban J connectivity index is 0.000000158. The monoisotopic (exact) mass is 1560 g/mol. The van der Waals surface area contributed by atoms with Crippen molar-refractivity contribution in [2.24, 2.45) is 0 Å². The van der Waals surface area contributed by atoms with E-state index in [4.69, 9.17) is 97.6 Å². The summed E-state index contributed by atoms with van der Waals surface area (Å²) >= 11 is 5.85. The van der Waals surface area contributed by atoms with Crippen molar-refractivity contribution in [2.75, 3.05) is 56.9 Å². The van der Waals surface area contributed by atoms with Crippen molar-refractivity contribution >= 4 is 109 Å². The average molecular weight is 1570 g/mol. The predicted molar refractivity (Wildman–Crippen MR) is 431 cm³/mol. The molecule has 2 aliphatic rings. The average Bonchev–Trinajstić information content (AvgIpc) is 1.71. The Morgan fingerprint density at radius 1 is 0.294 bits per heavy atom. The number of hydrogen-bond acceptors (Lipinski definition) is 20. The van der Waals surface area contributed by atoms with Crippen LogP contribution < -0.4 is 69.6 Å². The van der Waals surface area contributed by atoms with E-state index in [0.717, 1.165) is 93.5 Å². The zero-order valence-corrected chi connectivity index (χ0v) is 66.9. The molecular weight excluding hydrogens is 1490 g/mol. The van der Waals surface area contributed by atoms with Gasteiger partial charge in [0, 0.05) is 43.8 Å². The van der Waals surface area contributed by atoms with E-state index in [9.17, 15) is 5.11 Å². The third-order valence-corrected chi connectivity index (χ3v) is 22.7. The third-order valence-electron chi connectivity index (χ3n) is 18.6. The maximum absolute atomic E-state index is 11.1. The minimum atomic E-state index is -2.08. The summed E-state index contributed by atoms with van der Waals surface area (Å²) in [6.07, 6.45) is 0. The van der Waals surface area contributed by atoms with Gasteiger partial charge in [-0.25, -0.2) is 0 Å². The first-order chi connectivity index (χ1) is 52.7. The van der Waals surface area contributed by atoms with E-state index < -0.39 is 32.8 Å².